The molecule has 0 aliphatic carbocycles. The summed E-state index contributed by atoms with van der Waals surface area (Å²) in [5.41, 5.74) is 0. The van der Waals surface area contributed by atoms with Crippen LogP contribution in [0.15, 0.2) is 12.2 Å². The van der Waals surface area contributed by atoms with Gasteiger partial charge >= 0.3 is 0 Å². The van der Waals surface area contributed by atoms with Gasteiger partial charge in [0.15, 0.2) is 0 Å². The van der Waals surface area contributed by atoms with Gasteiger partial charge in [0.1, 0.15) is 0 Å². The lowest BCUT2D eigenvalue weighted by atomic mass is 10.0. The molecule has 1 amide bonds. The van der Waals surface area contributed by atoms with Crippen LogP contribution in [0.1, 0.15) is 26.2 Å². The van der Waals surface area contributed by atoms with Crippen molar-refractivity contribution in [3.8, 4) is 0 Å². The van der Waals surface area contributed by atoms with Gasteiger partial charge in [-0.1, -0.05) is 6.08 Å². The largest absolute Gasteiger partial charge is 0.335 e. The van der Waals surface area contributed by atoms with Gasteiger partial charge < -0.3 is 4.90 Å². The molecule has 0 aromatic rings. The Labute approximate surface area is 103 Å². The lowest BCUT2D eigenvalue weighted by molar-refractivity contribution is -0.129. The maximum atomic E-state index is 11.8. The molecule has 1 heterocycles. The van der Waals surface area contributed by atoms with Crippen molar-refractivity contribution in [1.82, 2.24) is 9.62 Å². The molecule has 17 heavy (non-hydrogen) atoms. The quantitative estimate of drug-likeness (QED) is 0.748. The van der Waals surface area contributed by atoms with Crippen LogP contribution in [0.25, 0.3) is 0 Å². The summed E-state index contributed by atoms with van der Waals surface area (Å²) >= 11 is 0. The fraction of sp³-hybridized carbons (Fsp3) is 0.727. The number of likely N-dealkylation sites (tertiary alicyclic amines) is 1. The third kappa shape index (κ3) is 4.87. The smallest absolute Gasteiger partial charge is 0.246 e. The first-order chi connectivity index (χ1) is 7.94. The second-order valence-corrected chi connectivity index (χ2v) is 6.13. The Hall–Kier alpha value is -0.880. The van der Waals surface area contributed by atoms with Crippen molar-refractivity contribution in [2.45, 2.75) is 32.2 Å². The number of sulfonamides is 1. The lowest BCUT2D eigenvalue weighted by Gasteiger charge is -2.35. The summed E-state index contributed by atoms with van der Waals surface area (Å²) in [4.78, 5) is 13.5. The monoisotopic (exact) mass is 260 g/mol. The van der Waals surface area contributed by atoms with Crippen LogP contribution in [0, 0.1) is 0 Å². The number of piperidine rings is 1. The van der Waals surface area contributed by atoms with Crippen molar-refractivity contribution >= 4 is 15.9 Å². The highest BCUT2D eigenvalue weighted by molar-refractivity contribution is 7.88. The highest BCUT2D eigenvalue weighted by Gasteiger charge is 2.25. The number of nitrogens with zero attached hydrogens (tertiary/aromatic N) is 1. The van der Waals surface area contributed by atoms with Crippen LogP contribution in [-0.4, -0.2) is 44.6 Å². The normalized spacial score (nSPS) is 22.0. The van der Waals surface area contributed by atoms with Crippen molar-refractivity contribution in [2.24, 2.45) is 0 Å². The van der Waals surface area contributed by atoms with Crippen LogP contribution in [-0.2, 0) is 14.8 Å². The third-order valence-corrected chi connectivity index (χ3v) is 3.49. The standard InChI is InChI=1S/C11H20N2O3S/c1-3-6-11(14)13-8-5-4-7-10(13)9-12-17(2,15)16/h3,6,10,12H,4-5,7-9H2,1-2H3. The molecule has 1 unspecified atom stereocenters. The Morgan fingerprint density at radius 1 is 1.47 bits per heavy atom. The molecule has 1 rings (SSSR count). The molecule has 1 saturated heterocycles. The average molecular weight is 260 g/mol. The summed E-state index contributed by atoms with van der Waals surface area (Å²) in [5, 5.41) is 0. The van der Waals surface area contributed by atoms with Gasteiger partial charge in [-0.2, -0.15) is 0 Å². The maximum absolute atomic E-state index is 11.8. The molecule has 1 fully saturated rings. The Morgan fingerprint density at radius 2 is 2.18 bits per heavy atom. The molecule has 0 aromatic heterocycles. The van der Waals surface area contributed by atoms with E-state index in [1.54, 1.807) is 17.9 Å². The molecule has 0 aromatic carbocycles. The van der Waals surface area contributed by atoms with E-state index in [0.717, 1.165) is 25.5 Å². The number of nitrogens with one attached hydrogen (secondary N) is 1. The maximum Gasteiger partial charge on any atom is 0.246 e. The van der Waals surface area contributed by atoms with Crippen molar-refractivity contribution in [1.29, 1.82) is 0 Å². The molecule has 1 N–H and O–H groups in total. The summed E-state index contributed by atoms with van der Waals surface area (Å²) in [6.07, 6.45) is 7.24. The van der Waals surface area contributed by atoms with Crippen molar-refractivity contribution < 1.29 is 13.2 Å². The van der Waals surface area contributed by atoms with E-state index in [-0.39, 0.29) is 11.9 Å². The van der Waals surface area contributed by atoms with E-state index in [4.69, 9.17) is 0 Å². The van der Waals surface area contributed by atoms with Gasteiger partial charge in [-0.25, -0.2) is 13.1 Å². The van der Waals surface area contributed by atoms with Gasteiger partial charge in [-0.15, -0.1) is 0 Å². The zero-order valence-electron chi connectivity index (χ0n) is 10.3. The first kappa shape index (κ1) is 14.2. The second kappa shape index (κ2) is 6.16. The van der Waals surface area contributed by atoms with E-state index in [2.05, 4.69) is 4.72 Å². The first-order valence-electron chi connectivity index (χ1n) is 5.82. The zero-order chi connectivity index (χ0) is 12.9. The molecule has 5 nitrogen and oxygen atoms in total. The Bertz CT molecular complexity index is 390. The van der Waals surface area contributed by atoms with Crippen LogP contribution in [0.4, 0.5) is 0 Å². The Kier molecular flexibility index (Phi) is 5.14. The SMILES string of the molecule is CC=CC(=O)N1CCCCC1CNS(C)(=O)=O. The Morgan fingerprint density at radius 3 is 2.76 bits per heavy atom. The second-order valence-electron chi connectivity index (χ2n) is 4.30. The summed E-state index contributed by atoms with van der Waals surface area (Å²) in [6.45, 7) is 2.81. The summed E-state index contributed by atoms with van der Waals surface area (Å²) in [7, 11) is -3.19. The molecule has 0 bridgehead atoms. The topological polar surface area (TPSA) is 66.5 Å². The number of rotatable bonds is 4. The predicted octanol–water partition coefficient (Wildman–Crippen LogP) is 0.493. The summed E-state index contributed by atoms with van der Waals surface area (Å²) in [6, 6.07) is -0.0258. The van der Waals surface area contributed by atoms with Crippen LogP contribution in [0.3, 0.4) is 0 Å². The number of hydrogen-bond donors (Lipinski definition) is 1. The molecule has 0 spiro atoms. The molecule has 0 radical (unpaired) electrons. The average Bonchev–Trinajstić information content (AvgIpc) is 2.26. The predicted molar refractivity (Wildman–Crippen MR) is 67.0 cm³/mol. The minimum Gasteiger partial charge on any atom is -0.335 e. The van der Waals surface area contributed by atoms with E-state index in [1.807, 2.05) is 0 Å². The molecule has 1 atom stereocenters. The van der Waals surface area contributed by atoms with Gasteiger partial charge in [0, 0.05) is 19.1 Å². The molecule has 0 saturated carbocycles. The number of allylic oxidation sites excluding steroid dienone is 1. The molecule has 6 heteroatoms. The number of carbonyl (C=O) groups is 1. The van der Waals surface area contributed by atoms with Crippen molar-refractivity contribution in [2.75, 3.05) is 19.3 Å². The highest BCUT2D eigenvalue weighted by atomic mass is 32.2. The first-order valence-corrected chi connectivity index (χ1v) is 7.71. The van der Waals surface area contributed by atoms with Crippen LogP contribution >= 0.6 is 0 Å². The minimum atomic E-state index is -3.19. The van der Waals surface area contributed by atoms with Crippen molar-refractivity contribution in [3.63, 3.8) is 0 Å². The van der Waals surface area contributed by atoms with Crippen LogP contribution in [0.2, 0.25) is 0 Å². The van der Waals surface area contributed by atoms with E-state index >= 15 is 0 Å². The van der Waals surface area contributed by atoms with Gasteiger partial charge in [0.2, 0.25) is 15.9 Å². The number of amides is 1. The van der Waals surface area contributed by atoms with Crippen molar-refractivity contribution in [3.05, 3.63) is 12.2 Å². The number of hydrogen-bond acceptors (Lipinski definition) is 3. The molecule has 1 aliphatic heterocycles. The van der Waals surface area contributed by atoms with Gasteiger partial charge in [-0.3, -0.25) is 4.79 Å². The van der Waals surface area contributed by atoms with Crippen LogP contribution < -0.4 is 4.72 Å². The van der Waals surface area contributed by atoms with Gasteiger partial charge in [0.05, 0.1) is 6.26 Å². The Balaban J connectivity index is 2.63. The summed E-state index contributed by atoms with van der Waals surface area (Å²) in [5.74, 6) is -0.0347. The van der Waals surface area contributed by atoms with Gasteiger partial charge in [0.25, 0.3) is 0 Å². The fourth-order valence-corrected chi connectivity index (χ4v) is 2.48. The molecular formula is C11H20N2O3S. The van der Waals surface area contributed by atoms with E-state index in [0.29, 0.717) is 13.1 Å². The van der Waals surface area contributed by atoms with E-state index in [1.165, 1.54) is 6.08 Å². The summed E-state index contributed by atoms with van der Waals surface area (Å²) < 4.78 is 24.6. The number of carbonyl (C=O) groups excluding carboxylic acids is 1. The van der Waals surface area contributed by atoms with Crippen LogP contribution in [0.5, 0.6) is 0 Å². The molecular weight excluding hydrogens is 240 g/mol. The lowest BCUT2D eigenvalue weighted by Crippen LogP contribution is -2.48. The third-order valence-electron chi connectivity index (χ3n) is 2.80. The fourth-order valence-electron chi connectivity index (χ4n) is 1.99. The molecule has 1 aliphatic rings. The van der Waals surface area contributed by atoms with E-state index in [9.17, 15) is 13.2 Å². The van der Waals surface area contributed by atoms with Gasteiger partial charge in [-0.05, 0) is 32.3 Å². The molecule has 98 valence electrons. The minimum absolute atomic E-state index is 0.0258. The highest BCUT2D eigenvalue weighted by Crippen LogP contribution is 2.17. The zero-order valence-corrected chi connectivity index (χ0v) is 11.2. The van der Waals surface area contributed by atoms with E-state index < -0.39 is 10.0 Å².